The third-order valence-electron chi connectivity index (χ3n) is 5.46. The lowest BCUT2D eigenvalue weighted by Gasteiger charge is -2.22. The van der Waals surface area contributed by atoms with Gasteiger partial charge in [-0.3, -0.25) is 4.79 Å². The van der Waals surface area contributed by atoms with Crippen molar-refractivity contribution in [3.63, 3.8) is 0 Å². The maximum absolute atomic E-state index is 13.1. The van der Waals surface area contributed by atoms with Gasteiger partial charge in [-0.2, -0.15) is 13.2 Å². The molecule has 1 heterocycles. The smallest absolute Gasteiger partial charge is 0.394 e. The van der Waals surface area contributed by atoms with E-state index in [2.05, 4.69) is 5.32 Å². The summed E-state index contributed by atoms with van der Waals surface area (Å²) < 4.78 is 44.4. The van der Waals surface area contributed by atoms with E-state index in [1.807, 2.05) is 24.3 Å². The summed E-state index contributed by atoms with van der Waals surface area (Å²) in [6.07, 6.45) is -2.96. The van der Waals surface area contributed by atoms with E-state index in [1.165, 1.54) is 0 Å². The molecular weight excluding hydrogens is 365 g/mol. The Bertz CT molecular complexity index is 734. The quantitative estimate of drug-likeness (QED) is 0.816. The Morgan fingerprint density at radius 2 is 2.04 bits per heavy atom. The summed E-state index contributed by atoms with van der Waals surface area (Å²) in [5.74, 6) is -4.53. The molecule has 1 saturated heterocycles. The molecule has 6 nitrogen and oxygen atoms in total. The van der Waals surface area contributed by atoms with Crippen LogP contribution >= 0.6 is 0 Å². The molecule has 1 aromatic rings. The van der Waals surface area contributed by atoms with Gasteiger partial charge in [-0.25, -0.2) is 4.79 Å². The molecule has 0 unspecified atom stereocenters. The third-order valence-corrected chi connectivity index (χ3v) is 5.46. The number of hydrogen-bond donors (Lipinski definition) is 2. The Morgan fingerprint density at radius 1 is 1.33 bits per heavy atom. The SMILES string of the molecule is COc1cccc(C2(CNC(=O)N3C[C@@H](C(F)(F)F)[C@H](C(=O)O)C3)CC2)c1. The minimum absolute atomic E-state index is 0.250. The highest BCUT2D eigenvalue weighted by atomic mass is 19.4. The van der Waals surface area contributed by atoms with Gasteiger partial charge in [0.1, 0.15) is 5.75 Å². The fourth-order valence-electron chi connectivity index (χ4n) is 3.58. The molecule has 148 valence electrons. The Kier molecular flexibility index (Phi) is 4.96. The molecule has 3 rings (SSSR count). The maximum atomic E-state index is 13.1. The van der Waals surface area contributed by atoms with E-state index in [1.54, 1.807) is 7.11 Å². The summed E-state index contributed by atoms with van der Waals surface area (Å²) >= 11 is 0. The average molecular weight is 386 g/mol. The number of nitrogens with one attached hydrogen (secondary N) is 1. The Labute approximate surface area is 154 Å². The summed E-state index contributed by atoms with van der Waals surface area (Å²) in [6, 6.07) is 6.81. The summed E-state index contributed by atoms with van der Waals surface area (Å²) in [4.78, 5) is 24.4. The van der Waals surface area contributed by atoms with Crippen LogP contribution in [-0.4, -0.2) is 54.9 Å². The predicted molar refractivity (Wildman–Crippen MR) is 89.5 cm³/mol. The fourth-order valence-corrected chi connectivity index (χ4v) is 3.58. The number of carboxylic acids is 1. The van der Waals surface area contributed by atoms with Crippen LogP contribution in [-0.2, 0) is 10.2 Å². The first-order valence-electron chi connectivity index (χ1n) is 8.63. The molecule has 2 fully saturated rings. The van der Waals surface area contributed by atoms with Crippen LogP contribution in [0.2, 0.25) is 0 Å². The number of likely N-dealkylation sites (tertiary alicyclic amines) is 1. The van der Waals surface area contributed by atoms with Gasteiger partial charge in [0.25, 0.3) is 0 Å². The van der Waals surface area contributed by atoms with Gasteiger partial charge in [0, 0.05) is 25.0 Å². The first kappa shape index (κ1) is 19.3. The van der Waals surface area contributed by atoms with Gasteiger partial charge in [-0.15, -0.1) is 0 Å². The van der Waals surface area contributed by atoms with Crippen molar-refractivity contribution in [1.29, 1.82) is 0 Å². The van der Waals surface area contributed by atoms with Crippen LogP contribution in [0, 0.1) is 11.8 Å². The van der Waals surface area contributed by atoms with Gasteiger partial charge < -0.3 is 20.1 Å². The lowest BCUT2D eigenvalue weighted by atomic mass is 9.96. The number of alkyl halides is 3. The normalized spacial score (nSPS) is 23.8. The molecule has 0 aromatic heterocycles. The maximum Gasteiger partial charge on any atom is 0.394 e. The summed E-state index contributed by atoms with van der Waals surface area (Å²) in [5, 5.41) is 11.7. The fraction of sp³-hybridized carbons (Fsp3) is 0.556. The van der Waals surface area contributed by atoms with Crippen LogP contribution in [0.15, 0.2) is 24.3 Å². The monoisotopic (exact) mass is 386 g/mol. The number of nitrogens with zero attached hydrogens (tertiary/aromatic N) is 1. The number of aliphatic carboxylic acids is 1. The number of hydrogen-bond acceptors (Lipinski definition) is 3. The molecule has 1 aliphatic carbocycles. The van der Waals surface area contributed by atoms with E-state index in [-0.39, 0.29) is 12.0 Å². The zero-order valence-corrected chi connectivity index (χ0v) is 14.8. The number of ether oxygens (including phenoxy) is 1. The highest BCUT2D eigenvalue weighted by molar-refractivity contribution is 5.78. The number of urea groups is 1. The Hall–Kier alpha value is -2.45. The van der Waals surface area contributed by atoms with Crippen LogP contribution in [0.3, 0.4) is 0 Å². The summed E-state index contributed by atoms with van der Waals surface area (Å²) in [7, 11) is 1.56. The van der Waals surface area contributed by atoms with Crippen molar-refractivity contribution in [3.05, 3.63) is 29.8 Å². The van der Waals surface area contributed by atoms with E-state index in [0.717, 1.165) is 23.3 Å². The molecule has 2 amide bonds. The molecule has 1 aromatic carbocycles. The van der Waals surface area contributed by atoms with Gasteiger partial charge in [0.05, 0.1) is 18.9 Å². The van der Waals surface area contributed by atoms with Gasteiger partial charge in [-0.1, -0.05) is 12.1 Å². The number of rotatable bonds is 5. The zero-order chi connectivity index (χ0) is 19.8. The van der Waals surface area contributed by atoms with Crippen molar-refractivity contribution in [2.75, 3.05) is 26.7 Å². The van der Waals surface area contributed by atoms with E-state index in [9.17, 15) is 22.8 Å². The topological polar surface area (TPSA) is 78.9 Å². The van der Waals surface area contributed by atoms with Gasteiger partial charge in [0.15, 0.2) is 0 Å². The standard InChI is InChI=1S/C18H21F3N2O4/c1-27-12-4-2-3-11(7-12)17(5-6-17)10-22-16(26)23-8-13(15(24)25)14(9-23)18(19,20)21/h2-4,7,13-14H,5-6,8-10H2,1H3,(H,22,26)(H,24,25)/t13-,14-/m1/s1. The number of halogens is 3. The zero-order valence-electron chi connectivity index (χ0n) is 14.8. The van der Waals surface area contributed by atoms with Crippen molar-refractivity contribution < 1.29 is 32.6 Å². The number of carbonyl (C=O) groups excluding carboxylic acids is 1. The van der Waals surface area contributed by atoms with Crippen LogP contribution < -0.4 is 10.1 Å². The molecule has 2 N–H and O–H groups in total. The molecular formula is C18H21F3N2O4. The number of methoxy groups -OCH3 is 1. The lowest BCUT2D eigenvalue weighted by molar-refractivity contribution is -0.187. The lowest BCUT2D eigenvalue weighted by Crippen LogP contribution is -2.42. The summed E-state index contributed by atoms with van der Waals surface area (Å²) in [5.41, 5.74) is 0.750. The minimum Gasteiger partial charge on any atom is -0.497 e. The molecule has 27 heavy (non-hydrogen) atoms. The van der Waals surface area contributed by atoms with Crippen molar-refractivity contribution >= 4 is 12.0 Å². The van der Waals surface area contributed by atoms with Gasteiger partial charge >= 0.3 is 18.2 Å². The molecule has 1 saturated carbocycles. The first-order valence-corrected chi connectivity index (χ1v) is 8.63. The second-order valence-corrected chi connectivity index (χ2v) is 7.17. The Balaban J connectivity index is 1.63. The van der Waals surface area contributed by atoms with Crippen molar-refractivity contribution in [2.45, 2.75) is 24.4 Å². The third kappa shape index (κ3) is 3.96. The molecule has 0 spiro atoms. The molecule has 0 bridgehead atoms. The number of amides is 2. The van der Waals surface area contributed by atoms with Crippen LogP contribution in [0.5, 0.6) is 5.75 Å². The van der Waals surface area contributed by atoms with Crippen LogP contribution in [0.4, 0.5) is 18.0 Å². The number of carbonyl (C=O) groups is 2. The Morgan fingerprint density at radius 3 is 2.56 bits per heavy atom. The minimum atomic E-state index is -4.66. The molecule has 0 radical (unpaired) electrons. The van der Waals surface area contributed by atoms with Gasteiger partial charge in [-0.05, 0) is 30.5 Å². The van der Waals surface area contributed by atoms with E-state index in [4.69, 9.17) is 9.84 Å². The van der Waals surface area contributed by atoms with Crippen molar-refractivity contribution in [3.8, 4) is 5.75 Å². The molecule has 9 heteroatoms. The average Bonchev–Trinajstić information content (AvgIpc) is 3.26. The number of carboxylic acid groups (broad SMARTS) is 1. The van der Waals surface area contributed by atoms with E-state index >= 15 is 0 Å². The van der Waals surface area contributed by atoms with E-state index in [0.29, 0.717) is 5.75 Å². The second kappa shape index (κ2) is 6.94. The van der Waals surface area contributed by atoms with Crippen molar-refractivity contribution in [1.82, 2.24) is 10.2 Å². The van der Waals surface area contributed by atoms with Crippen LogP contribution in [0.1, 0.15) is 18.4 Å². The second-order valence-electron chi connectivity index (χ2n) is 7.17. The highest BCUT2D eigenvalue weighted by Crippen LogP contribution is 2.48. The highest BCUT2D eigenvalue weighted by Gasteiger charge is 2.54. The summed E-state index contributed by atoms with van der Waals surface area (Å²) in [6.45, 7) is -0.806. The van der Waals surface area contributed by atoms with Crippen LogP contribution in [0.25, 0.3) is 0 Å². The molecule has 2 atom stereocenters. The molecule has 2 aliphatic rings. The number of benzene rings is 1. The van der Waals surface area contributed by atoms with Crippen molar-refractivity contribution in [2.24, 2.45) is 11.8 Å². The first-order chi connectivity index (χ1) is 12.7. The molecule has 1 aliphatic heterocycles. The largest absolute Gasteiger partial charge is 0.497 e. The van der Waals surface area contributed by atoms with E-state index < -0.39 is 43.1 Å². The predicted octanol–water partition coefficient (Wildman–Crippen LogP) is 2.63. The van der Waals surface area contributed by atoms with Gasteiger partial charge in [0.2, 0.25) is 0 Å².